The summed E-state index contributed by atoms with van der Waals surface area (Å²) >= 11 is 1.71. The maximum absolute atomic E-state index is 13.0. The molecule has 2 heterocycles. The van der Waals surface area contributed by atoms with Crippen LogP contribution in [-0.2, 0) is 13.0 Å². The molecule has 0 aliphatic rings. The average molecular weight is 326 g/mol. The van der Waals surface area contributed by atoms with Gasteiger partial charge in [0.25, 0.3) is 0 Å². The number of pyridine rings is 1. The van der Waals surface area contributed by atoms with Crippen molar-refractivity contribution in [3.63, 3.8) is 0 Å². The first kappa shape index (κ1) is 15.8. The number of benzene rings is 1. The Hall–Kier alpha value is -2.04. The van der Waals surface area contributed by atoms with E-state index < -0.39 is 0 Å². The highest BCUT2D eigenvalue weighted by molar-refractivity contribution is 7.07. The van der Waals surface area contributed by atoms with E-state index in [9.17, 15) is 4.39 Å². The van der Waals surface area contributed by atoms with Gasteiger partial charge in [0.05, 0.1) is 11.7 Å². The highest BCUT2D eigenvalue weighted by Gasteiger charge is 2.13. The highest BCUT2D eigenvalue weighted by atomic mass is 32.1. The van der Waals surface area contributed by atoms with Crippen molar-refractivity contribution in [2.75, 3.05) is 0 Å². The number of thiophene rings is 1. The van der Waals surface area contributed by atoms with E-state index in [4.69, 9.17) is 0 Å². The van der Waals surface area contributed by atoms with Crippen LogP contribution in [0.5, 0.6) is 0 Å². The van der Waals surface area contributed by atoms with Crippen molar-refractivity contribution >= 4 is 11.3 Å². The number of rotatable bonds is 6. The molecule has 0 spiro atoms. The molecule has 3 rings (SSSR count). The first-order valence-corrected chi connectivity index (χ1v) is 8.56. The molecule has 0 aliphatic heterocycles. The molecular weight excluding hydrogens is 307 g/mol. The average Bonchev–Trinajstić information content (AvgIpc) is 3.07. The molecule has 0 unspecified atom stereocenters. The van der Waals surface area contributed by atoms with Gasteiger partial charge in [0.1, 0.15) is 5.82 Å². The minimum Gasteiger partial charge on any atom is -0.304 e. The highest BCUT2D eigenvalue weighted by Crippen LogP contribution is 2.19. The number of aryl methyl sites for hydroxylation is 1. The Balaban J connectivity index is 1.74. The number of hydrogen-bond acceptors (Lipinski definition) is 3. The van der Waals surface area contributed by atoms with E-state index in [1.165, 1.54) is 17.7 Å². The van der Waals surface area contributed by atoms with Gasteiger partial charge in [-0.1, -0.05) is 18.2 Å². The predicted molar refractivity (Wildman–Crippen MR) is 93.0 cm³/mol. The van der Waals surface area contributed by atoms with E-state index in [2.05, 4.69) is 39.3 Å². The first-order valence-electron chi connectivity index (χ1n) is 7.62. The van der Waals surface area contributed by atoms with Gasteiger partial charge in [-0.25, -0.2) is 4.39 Å². The smallest absolute Gasteiger partial charge is 0.123 e. The lowest BCUT2D eigenvalue weighted by molar-refractivity contribution is 0.518. The van der Waals surface area contributed by atoms with Gasteiger partial charge in [-0.05, 0) is 65.1 Å². The number of hydrogen-bond donors (Lipinski definition) is 1. The standard InChI is InChI=1S/C19H19FN2S/c1-14-2-7-18(21-11-14)19(10-16-8-9-23-13-16)22-12-15-3-5-17(20)6-4-15/h2-9,11,13,19,22H,10,12H2,1H3/t19-/m1/s1. The van der Waals surface area contributed by atoms with Crippen molar-refractivity contribution in [2.24, 2.45) is 0 Å². The Morgan fingerprint density at radius 1 is 1.09 bits per heavy atom. The monoisotopic (exact) mass is 326 g/mol. The normalized spacial score (nSPS) is 12.3. The van der Waals surface area contributed by atoms with Gasteiger partial charge >= 0.3 is 0 Å². The fourth-order valence-electron chi connectivity index (χ4n) is 2.45. The minimum absolute atomic E-state index is 0.134. The molecule has 0 amide bonds. The lowest BCUT2D eigenvalue weighted by atomic mass is 10.0. The third-order valence-corrected chi connectivity index (χ3v) is 4.51. The van der Waals surface area contributed by atoms with Crippen LogP contribution < -0.4 is 5.32 Å². The van der Waals surface area contributed by atoms with Crippen LogP contribution >= 0.6 is 11.3 Å². The molecule has 3 aromatic rings. The summed E-state index contributed by atoms with van der Waals surface area (Å²) < 4.78 is 13.0. The molecule has 0 radical (unpaired) electrons. The topological polar surface area (TPSA) is 24.9 Å². The first-order chi connectivity index (χ1) is 11.2. The van der Waals surface area contributed by atoms with Gasteiger partial charge in [-0.15, -0.1) is 0 Å². The van der Waals surface area contributed by atoms with Crippen molar-refractivity contribution in [3.05, 3.63) is 87.6 Å². The SMILES string of the molecule is Cc1ccc([C@@H](Cc2ccsc2)NCc2ccc(F)cc2)nc1. The van der Waals surface area contributed by atoms with Crippen molar-refractivity contribution in [1.29, 1.82) is 0 Å². The molecule has 1 aromatic carbocycles. The van der Waals surface area contributed by atoms with Gasteiger partial charge in [-0.3, -0.25) is 4.98 Å². The largest absolute Gasteiger partial charge is 0.304 e. The van der Waals surface area contributed by atoms with E-state index in [0.29, 0.717) is 6.54 Å². The second-order valence-corrected chi connectivity index (χ2v) is 6.44. The molecule has 0 saturated heterocycles. The van der Waals surface area contributed by atoms with Crippen LogP contribution in [0.3, 0.4) is 0 Å². The minimum atomic E-state index is -0.205. The summed E-state index contributed by atoms with van der Waals surface area (Å²) in [4.78, 5) is 4.57. The van der Waals surface area contributed by atoms with Crippen LogP contribution in [0.1, 0.15) is 28.4 Å². The molecule has 0 fully saturated rings. The van der Waals surface area contributed by atoms with E-state index in [1.807, 2.05) is 25.3 Å². The molecule has 4 heteroatoms. The second-order valence-electron chi connectivity index (χ2n) is 5.66. The fraction of sp³-hybridized carbons (Fsp3) is 0.211. The van der Waals surface area contributed by atoms with Crippen LogP contribution in [-0.4, -0.2) is 4.98 Å². The number of nitrogens with one attached hydrogen (secondary N) is 1. The number of nitrogens with zero attached hydrogens (tertiary/aromatic N) is 1. The van der Waals surface area contributed by atoms with Crippen LogP contribution in [0.2, 0.25) is 0 Å². The summed E-state index contributed by atoms with van der Waals surface area (Å²) in [7, 11) is 0. The van der Waals surface area contributed by atoms with E-state index >= 15 is 0 Å². The van der Waals surface area contributed by atoms with Gasteiger partial charge in [-0.2, -0.15) is 11.3 Å². The summed E-state index contributed by atoms with van der Waals surface area (Å²) in [6.07, 6.45) is 2.79. The van der Waals surface area contributed by atoms with Crippen LogP contribution in [0, 0.1) is 12.7 Å². The number of aromatic nitrogens is 1. The summed E-state index contributed by atoms with van der Waals surface area (Å²) in [6.45, 7) is 2.72. The summed E-state index contributed by atoms with van der Waals surface area (Å²) in [5, 5.41) is 7.81. The molecule has 1 atom stereocenters. The van der Waals surface area contributed by atoms with Gasteiger partial charge < -0.3 is 5.32 Å². The summed E-state index contributed by atoms with van der Waals surface area (Å²) in [5.41, 5.74) is 4.55. The number of halogens is 1. The van der Waals surface area contributed by atoms with Crippen molar-refractivity contribution < 1.29 is 4.39 Å². The molecule has 2 nitrogen and oxygen atoms in total. The second kappa shape index (κ2) is 7.49. The zero-order chi connectivity index (χ0) is 16.1. The van der Waals surface area contributed by atoms with Crippen LogP contribution in [0.25, 0.3) is 0 Å². The quantitative estimate of drug-likeness (QED) is 0.712. The molecule has 1 N–H and O–H groups in total. The van der Waals surface area contributed by atoms with E-state index in [-0.39, 0.29) is 11.9 Å². The molecular formula is C19H19FN2S. The predicted octanol–water partition coefficient (Wildman–Crippen LogP) is 4.66. The Labute approximate surface area is 140 Å². The molecule has 2 aromatic heterocycles. The maximum Gasteiger partial charge on any atom is 0.123 e. The lowest BCUT2D eigenvalue weighted by Gasteiger charge is -2.18. The van der Waals surface area contributed by atoms with Crippen molar-refractivity contribution in [1.82, 2.24) is 10.3 Å². The van der Waals surface area contributed by atoms with Crippen molar-refractivity contribution in [2.45, 2.75) is 25.9 Å². The van der Waals surface area contributed by atoms with Gasteiger partial charge in [0.2, 0.25) is 0 Å². The zero-order valence-electron chi connectivity index (χ0n) is 13.0. The third kappa shape index (κ3) is 4.47. The zero-order valence-corrected chi connectivity index (χ0v) is 13.8. The maximum atomic E-state index is 13.0. The lowest BCUT2D eigenvalue weighted by Crippen LogP contribution is -2.23. The van der Waals surface area contributed by atoms with E-state index in [1.54, 1.807) is 11.3 Å². The van der Waals surface area contributed by atoms with E-state index in [0.717, 1.165) is 23.2 Å². The molecule has 0 bridgehead atoms. The fourth-order valence-corrected chi connectivity index (χ4v) is 3.14. The van der Waals surface area contributed by atoms with Gasteiger partial charge in [0, 0.05) is 12.7 Å². The Kier molecular flexibility index (Phi) is 5.16. The van der Waals surface area contributed by atoms with Crippen LogP contribution in [0.15, 0.2) is 59.4 Å². The molecule has 0 aliphatic carbocycles. The Bertz CT molecular complexity index is 721. The Morgan fingerprint density at radius 2 is 1.91 bits per heavy atom. The summed E-state index contributed by atoms with van der Waals surface area (Å²) in [5.74, 6) is -0.205. The van der Waals surface area contributed by atoms with Crippen molar-refractivity contribution in [3.8, 4) is 0 Å². The molecule has 23 heavy (non-hydrogen) atoms. The molecule has 118 valence electrons. The Morgan fingerprint density at radius 3 is 2.57 bits per heavy atom. The molecule has 0 saturated carbocycles. The summed E-state index contributed by atoms with van der Waals surface area (Å²) in [6, 6.07) is 13.1. The van der Waals surface area contributed by atoms with Gasteiger partial charge in [0.15, 0.2) is 0 Å². The third-order valence-electron chi connectivity index (χ3n) is 3.78. The van der Waals surface area contributed by atoms with Crippen LogP contribution in [0.4, 0.5) is 4.39 Å².